The maximum absolute atomic E-state index is 12.3. The largest absolute Gasteiger partial charge is 0.449 e. The normalized spacial score (nSPS) is 10.4. The predicted molar refractivity (Wildman–Crippen MR) is 93.3 cm³/mol. The molecule has 122 valence electrons. The molecule has 0 fully saturated rings. The van der Waals surface area contributed by atoms with Crippen LogP contribution < -0.4 is 10.6 Å². The first-order valence-electron chi connectivity index (χ1n) is 7.22. The summed E-state index contributed by atoms with van der Waals surface area (Å²) in [4.78, 5) is 27.7. The summed E-state index contributed by atoms with van der Waals surface area (Å²) in [6.45, 7) is 3.34. The molecule has 3 aromatic rings. The van der Waals surface area contributed by atoms with Crippen LogP contribution in [0.25, 0.3) is 11.5 Å². The number of aromatic nitrogens is 1. The zero-order valence-electron chi connectivity index (χ0n) is 13.1. The van der Waals surface area contributed by atoms with Crippen molar-refractivity contribution in [1.29, 1.82) is 0 Å². The molecule has 0 unspecified atom stereocenters. The molecule has 0 aliphatic rings. The lowest BCUT2D eigenvalue weighted by atomic mass is 10.2. The third-order valence-corrected chi connectivity index (χ3v) is 3.92. The summed E-state index contributed by atoms with van der Waals surface area (Å²) < 4.78 is 5.57. The highest BCUT2D eigenvalue weighted by molar-refractivity contribution is 7.09. The van der Waals surface area contributed by atoms with Gasteiger partial charge in [0.15, 0.2) is 11.5 Å². The van der Waals surface area contributed by atoms with Crippen molar-refractivity contribution in [2.45, 2.75) is 13.8 Å². The van der Waals surface area contributed by atoms with E-state index >= 15 is 0 Å². The number of benzene rings is 1. The van der Waals surface area contributed by atoms with Crippen LogP contribution in [0.3, 0.4) is 0 Å². The molecule has 1 aromatic carbocycles. The molecule has 2 heterocycles. The van der Waals surface area contributed by atoms with Crippen LogP contribution in [0.4, 0.5) is 11.4 Å². The highest BCUT2D eigenvalue weighted by Gasteiger charge is 2.14. The van der Waals surface area contributed by atoms with Gasteiger partial charge in [-0.15, -0.1) is 11.3 Å². The van der Waals surface area contributed by atoms with Gasteiger partial charge in [0, 0.05) is 23.7 Å². The first-order valence-corrected chi connectivity index (χ1v) is 8.10. The number of hydrogen-bond donors (Lipinski definition) is 2. The molecule has 24 heavy (non-hydrogen) atoms. The van der Waals surface area contributed by atoms with Crippen molar-refractivity contribution in [2.75, 3.05) is 10.6 Å². The van der Waals surface area contributed by atoms with Crippen LogP contribution >= 0.6 is 11.3 Å². The van der Waals surface area contributed by atoms with E-state index in [0.29, 0.717) is 22.8 Å². The molecule has 0 saturated heterocycles. The fourth-order valence-corrected chi connectivity index (χ4v) is 2.75. The number of amides is 2. The van der Waals surface area contributed by atoms with Crippen molar-refractivity contribution < 1.29 is 14.0 Å². The summed E-state index contributed by atoms with van der Waals surface area (Å²) in [5, 5.41) is 8.22. The van der Waals surface area contributed by atoms with Crippen LogP contribution in [0.1, 0.15) is 22.5 Å². The van der Waals surface area contributed by atoms with Gasteiger partial charge < -0.3 is 15.1 Å². The van der Waals surface area contributed by atoms with Gasteiger partial charge in [0.1, 0.15) is 5.69 Å². The summed E-state index contributed by atoms with van der Waals surface area (Å²) in [6, 6.07) is 10.2. The van der Waals surface area contributed by atoms with Crippen molar-refractivity contribution in [3.8, 4) is 11.5 Å². The number of carbonyl (C=O) groups is 2. The molecule has 0 aliphatic heterocycles. The van der Waals surface area contributed by atoms with Gasteiger partial charge in [-0.3, -0.25) is 9.59 Å². The number of thiazole rings is 1. The van der Waals surface area contributed by atoms with E-state index in [9.17, 15) is 9.59 Å². The Morgan fingerprint density at radius 3 is 2.54 bits per heavy atom. The minimum atomic E-state index is -0.367. The summed E-state index contributed by atoms with van der Waals surface area (Å²) in [7, 11) is 0. The van der Waals surface area contributed by atoms with Gasteiger partial charge in [-0.05, 0) is 37.3 Å². The van der Waals surface area contributed by atoms with E-state index in [1.54, 1.807) is 36.4 Å². The van der Waals surface area contributed by atoms with E-state index < -0.39 is 0 Å². The number of furan rings is 1. The maximum Gasteiger partial charge on any atom is 0.291 e. The topological polar surface area (TPSA) is 84.2 Å². The lowest BCUT2D eigenvalue weighted by Gasteiger charge is -2.06. The number of hydrogen-bond acceptors (Lipinski definition) is 5. The second-order valence-corrected chi connectivity index (χ2v) is 6.19. The van der Waals surface area contributed by atoms with Crippen molar-refractivity contribution in [3.63, 3.8) is 0 Å². The number of carbonyl (C=O) groups excluding carboxylic acids is 2. The van der Waals surface area contributed by atoms with Gasteiger partial charge in [-0.25, -0.2) is 4.98 Å². The molecule has 0 bridgehead atoms. The zero-order valence-corrected chi connectivity index (χ0v) is 13.9. The average Bonchev–Trinajstić information content (AvgIpc) is 3.15. The smallest absolute Gasteiger partial charge is 0.291 e. The molecule has 0 saturated carbocycles. The standard InChI is InChI=1S/C17H15N3O3S/c1-10(21)18-12-4-3-5-13(8-12)20-17(22)16-7-6-15(23-16)14-9-24-11(2)19-14/h3-9H,1-2H3,(H,18,21)(H,20,22). The molecule has 3 rings (SSSR count). The lowest BCUT2D eigenvalue weighted by Crippen LogP contribution is -2.11. The Hall–Kier alpha value is -2.93. The number of aryl methyl sites for hydroxylation is 1. The number of anilines is 2. The van der Waals surface area contributed by atoms with Crippen molar-refractivity contribution in [3.05, 3.63) is 52.5 Å². The summed E-state index contributed by atoms with van der Waals surface area (Å²) in [5.74, 6) is 0.206. The van der Waals surface area contributed by atoms with Crippen LogP contribution in [0, 0.1) is 6.92 Å². The minimum absolute atomic E-state index is 0.173. The van der Waals surface area contributed by atoms with Gasteiger partial charge in [-0.1, -0.05) is 6.07 Å². The van der Waals surface area contributed by atoms with Crippen molar-refractivity contribution in [2.24, 2.45) is 0 Å². The third kappa shape index (κ3) is 3.69. The SMILES string of the molecule is CC(=O)Nc1cccc(NC(=O)c2ccc(-c3csc(C)n3)o2)c1. The van der Waals surface area contributed by atoms with Crippen molar-refractivity contribution in [1.82, 2.24) is 4.98 Å². The monoisotopic (exact) mass is 341 g/mol. The first-order chi connectivity index (χ1) is 11.5. The van der Waals surface area contributed by atoms with Gasteiger partial charge in [-0.2, -0.15) is 0 Å². The highest BCUT2D eigenvalue weighted by Crippen LogP contribution is 2.24. The van der Waals surface area contributed by atoms with Crippen LogP contribution in [0.2, 0.25) is 0 Å². The van der Waals surface area contributed by atoms with E-state index in [1.807, 2.05) is 12.3 Å². The summed E-state index contributed by atoms with van der Waals surface area (Å²) in [6.07, 6.45) is 0. The average molecular weight is 341 g/mol. The van der Waals surface area contributed by atoms with E-state index in [0.717, 1.165) is 5.01 Å². The molecule has 0 spiro atoms. The number of nitrogens with one attached hydrogen (secondary N) is 2. The van der Waals surface area contributed by atoms with Gasteiger partial charge >= 0.3 is 0 Å². The predicted octanol–water partition coefficient (Wildman–Crippen LogP) is 3.92. The highest BCUT2D eigenvalue weighted by atomic mass is 32.1. The van der Waals surface area contributed by atoms with Gasteiger partial charge in [0.05, 0.1) is 5.01 Å². The minimum Gasteiger partial charge on any atom is -0.449 e. The van der Waals surface area contributed by atoms with Crippen molar-refractivity contribution >= 4 is 34.5 Å². The van der Waals surface area contributed by atoms with Crippen LogP contribution in [-0.2, 0) is 4.79 Å². The molecule has 0 aliphatic carbocycles. The molecule has 0 radical (unpaired) electrons. The molecular formula is C17H15N3O3S. The molecule has 6 nitrogen and oxygen atoms in total. The van der Waals surface area contributed by atoms with Crippen LogP contribution in [0.5, 0.6) is 0 Å². The van der Waals surface area contributed by atoms with Crippen LogP contribution in [-0.4, -0.2) is 16.8 Å². The summed E-state index contributed by atoms with van der Waals surface area (Å²) >= 11 is 1.52. The zero-order chi connectivity index (χ0) is 17.1. The van der Waals surface area contributed by atoms with E-state index in [1.165, 1.54) is 18.3 Å². The van der Waals surface area contributed by atoms with Gasteiger partial charge in [0.2, 0.25) is 5.91 Å². The van der Waals surface area contributed by atoms with Crippen LogP contribution in [0.15, 0.2) is 46.2 Å². The fraction of sp³-hybridized carbons (Fsp3) is 0.118. The Bertz CT molecular complexity index is 898. The molecule has 7 heteroatoms. The molecule has 2 amide bonds. The Balaban J connectivity index is 1.73. The fourth-order valence-electron chi connectivity index (χ4n) is 2.14. The molecule has 2 aromatic heterocycles. The number of nitrogens with zero attached hydrogens (tertiary/aromatic N) is 1. The Kier molecular flexibility index (Phi) is 4.43. The van der Waals surface area contributed by atoms with Gasteiger partial charge in [0.25, 0.3) is 5.91 Å². The second kappa shape index (κ2) is 6.67. The van der Waals surface area contributed by atoms with E-state index in [-0.39, 0.29) is 17.6 Å². The molecule has 0 atom stereocenters. The molecule has 2 N–H and O–H groups in total. The summed E-state index contributed by atoms with van der Waals surface area (Å²) in [5.41, 5.74) is 1.89. The van der Waals surface area contributed by atoms with E-state index in [2.05, 4.69) is 15.6 Å². The lowest BCUT2D eigenvalue weighted by molar-refractivity contribution is -0.114. The quantitative estimate of drug-likeness (QED) is 0.753. The second-order valence-electron chi connectivity index (χ2n) is 5.13. The van der Waals surface area contributed by atoms with E-state index in [4.69, 9.17) is 4.42 Å². The first kappa shape index (κ1) is 15.9. The third-order valence-electron chi connectivity index (χ3n) is 3.14. The number of rotatable bonds is 4. The molecular weight excluding hydrogens is 326 g/mol. The Morgan fingerprint density at radius 1 is 1.12 bits per heavy atom. The Labute approximate surface area is 142 Å². The Morgan fingerprint density at radius 2 is 1.88 bits per heavy atom. The maximum atomic E-state index is 12.3.